The molecule has 2 atom stereocenters. The number of benzene rings is 1. The molecule has 118 valence electrons. The quantitative estimate of drug-likeness (QED) is 0.772. The number of ether oxygens (including phenoxy) is 1. The molecule has 0 bridgehead atoms. The van der Waals surface area contributed by atoms with Gasteiger partial charge in [-0.1, -0.05) is 45.2 Å². The molecule has 2 heteroatoms. The predicted octanol–water partition coefficient (Wildman–Crippen LogP) is 4.88. The van der Waals surface area contributed by atoms with Crippen molar-refractivity contribution < 1.29 is 4.74 Å². The van der Waals surface area contributed by atoms with E-state index in [1.165, 1.54) is 36.8 Å². The third-order valence-electron chi connectivity index (χ3n) is 4.68. The third-order valence-corrected chi connectivity index (χ3v) is 4.68. The van der Waals surface area contributed by atoms with Crippen molar-refractivity contribution in [2.75, 3.05) is 7.05 Å². The van der Waals surface area contributed by atoms with E-state index in [0.717, 1.165) is 12.2 Å². The van der Waals surface area contributed by atoms with Crippen LogP contribution in [0.15, 0.2) is 18.2 Å². The topological polar surface area (TPSA) is 21.3 Å². The SMILES string of the molecule is CCCCC(CC)C(NC)c1ccc2c(c1)CC(C)(C)O2. The second kappa shape index (κ2) is 6.83. The fourth-order valence-electron chi connectivity index (χ4n) is 3.57. The van der Waals surface area contributed by atoms with E-state index in [1.54, 1.807) is 0 Å². The molecule has 1 aromatic rings. The molecule has 0 radical (unpaired) electrons. The molecule has 1 aromatic carbocycles. The van der Waals surface area contributed by atoms with Crippen LogP contribution in [-0.2, 0) is 6.42 Å². The summed E-state index contributed by atoms with van der Waals surface area (Å²) in [5, 5.41) is 3.55. The van der Waals surface area contributed by atoms with Gasteiger partial charge in [0.25, 0.3) is 0 Å². The van der Waals surface area contributed by atoms with E-state index in [-0.39, 0.29) is 5.60 Å². The lowest BCUT2D eigenvalue weighted by atomic mass is 9.86. The van der Waals surface area contributed by atoms with Crippen molar-refractivity contribution in [1.82, 2.24) is 5.32 Å². The number of unbranched alkanes of at least 4 members (excludes halogenated alkanes) is 1. The van der Waals surface area contributed by atoms with E-state index in [9.17, 15) is 0 Å². The Bertz CT molecular complexity index is 467. The van der Waals surface area contributed by atoms with Gasteiger partial charge in [0.1, 0.15) is 11.4 Å². The zero-order valence-corrected chi connectivity index (χ0v) is 14.3. The van der Waals surface area contributed by atoms with Gasteiger partial charge in [0.2, 0.25) is 0 Å². The molecule has 0 aliphatic carbocycles. The molecule has 1 heterocycles. The van der Waals surface area contributed by atoms with Crippen molar-refractivity contribution in [3.05, 3.63) is 29.3 Å². The van der Waals surface area contributed by atoms with Crippen molar-refractivity contribution in [2.45, 2.75) is 71.4 Å². The lowest BCUT2D eigenvalue weighted by Gasteiger charge is -2.27. The van der Waals surface area contributed by atoms with E-state index in [4.69, 9.17) is 4.74 Å². The first-order chi connectivity index (χ1) is 10.0. The molecule has 0 spiro atoms. The standard InChI is InChI=1S/C19H31NO/c1-6-8-9-14(7-2)18(20-5)15-10-11-17-16(12-15)13-19(3,4)21-17/h10-12,14,18,20H,6-9,13H2,1-5H3. The zero-order valence-electron chi connectivity index (χ0n) is 14.3. The van der Waals surface area contributed by atoms with Gasteiger partial charge in [-0.2, -0.15) is 0 Å². The summed E-state index contributed by atoms with van der Waals surface area (Å²) in [7, 11) is 2.09. The summed E-state index contributed by atoms with van der Waals surface area (Å²) in [5.41, 5.74) is 2.73. The highest BCUT2D eigenvalue weighted by molar-refractivity contribution is 5.42. The van der Waals surface area contributed by atoms with E-state index < -0.39 is 0 Å². The van der Waals surface area contributed by atoms with Crippen LogP contribution in [0.2, 0.25) is 0 Å². The molecule has 1 aliphatic heterocycles. The number of hydrogen-bond acceptors (Lipinski definition) is 2. The molecule has 2 nitrogen and oxygen atoms in total. The number of nitrogens with one attached hydrogen (secondary N) is 1. The molecular weight excluding hydrogens is 258 g/mol. The van der Waals surface area contributed by atoms with Crippen molar-refractivity contribution >= 4 is 0 Å². The van der Waals surface area contributed by atoms with E-state index in [1.807, 2.05) is 0 Å². The van der Waals surface area contributed by atoms with Crippen molar-refractivity contribution in [3.63, 3.8) is 0 Å². The maximum absolute atomic E-state index is 5.99. The smallest absolute Gasteiger partial charge is 0.123 e. The van der Waals surface area contributed by atoms with Crippen LogP contribution in [0.4, 0.5) is 0 Å². The molecule has 1 N–H and O–H groups in total. The molecule has 0 aromatic heterocycles. The fourth-order valence-corrected chi connectivity index (χ4v) is 3.57. The Balaban J connectivity index is 2.19. The Kier molecular flexibility index (Phi) is 5.32. The van der Waals surface area contributed by atoms with Crippen LogP contribution in [0.3, 0.4) is 0 Å². The molecule has 0 saturated heterocycles. The van der Waals surface area contributed by atoms with Crippen molar-refractivity contribution in [2.24, 2.45) is 5.92 Å². The minimum absolute atomic E-state index is 0.0531. The summed E-state index contributed by atoms with van der Waals surface area (Å²) < 4.78 is 5.99. The van der Waals surface area contributed by atoms with Crippen LogP contribution < -0.4 is 10.1 Å². The third kappa shape index (κ3) is 3.79. The molecule has 2 rings (SSSR count). The lowest BCUT2D eigenvalue weighted by Crippen LogP contribution is -2.25. The Morgan fingerprint density at radius 1 is 1.29 bits per heavy atom. The highest BCUT2D eigenvalue weighted by Gasteiger charge is 2.31. The van der Waals surface area contributed by atoms with Crippen molar-refractivity contribution in [1.29, 1.82) is 0 Å². The van der Waals surface area contributed by atoms with Gasteiger partial charge in [-0.05, 0) is 50.4 Å². The van der Waals surface area contributed by atoms with Crippen LogP contribution in [-0.4, -0.2) is 12.6 Å². The Labute approximate surface area is 130 Å². The maximum Gasteiger partial charge on any atom is 0.123 e. The Morgan fingerprint density at radius 2 is 2.05 bits per heavy atom. The molecule has 2 unspecified atom stereocenters. The molecule has 1 aliphatic rings. The van der Waals surface area contributed by atoms with Gasteiger partial charge in [-0.25, -0.2) is 0 Å². The average molecular weight is 289 g/mol. The highest BCUT2D eigenvalue weighted by Crippen LogP contribution is 2.38. The van der Waals surface area contributed by atoms with Crippen LogP contribution in [0.5, 0.6) is 5.75 Å². The lowest BCUT2D eigenvalue weighted by molar-refractivity contribution is 0.138. The summed E-state index contributed by atoms with van der Waals surface area (Å²) >= 11 is 0. The summed E-state index contributed by atoms with van der Waals surface area (Å²) in [6.45, 7) is 8.91. The predicted molar refractivity (Wildman–Crippen MR) is 90.0 cm³/mol. The van der Waals surface area contributed by atoms with E-state index in [2.05, 4.69) is 58.3 Å². The molecule has 0 fully saturated rings. The first kappa shape index (κ1) is 16.4. The second-order valence-corrected chi connectivity index (χ2v) is 6.98. The maximum atomic E-state index is 5.99. The normalized spacial score (nSPS) is 18.9. The monoisotopic (exact) mass is 289 g/mol. The fraction of sp³-hybridized carbons (Fsp3) is 0.684. The van der Waals surface area contributed by atoms with Gasteiger partial charge in [0.05, 0.1) is 0 Å². The number of rotatable bonds is 7. The molecule has 0 amide bonds. The van der Waals surface area contributed by atoms with Gasteiger partial charge in [0, 0.05) is 12.5 Å². The van der Waals surface area contributed by atoms with Gasteiger partial charge in [-0.3, -0.25) is 0 Å². The summed E-state index contributed by atoms with van der Waals surface area (Å²) in [5.74, 6) is 1.78. The number of fused-ring (bicyclic) bond motifs is 1. The van der Waals surface area contributed by atoms with Gasteiger partial charge >= 0.3 is 0 Å². The van der Waals surface area contributed by atoms with E-state index in [0.29, 0.717) is 12.0 Å². The molecule has 21 heavy (non-hydrogen) atoms. The highest BCUT2D eigenvalue weighted by atomic mass is 16.5. The summed E-state index contributed by atoms with van der Waals surface area (Å²) in [4.78, 5) is 0. The van der Waals surface area contributed by atoms with Crippen LogP contribution >= 0.6 is 0 Å². The Morgan fingerprint density at radius 3 is 2.67 bits per heavy atom. The Hall–Kier alpha value is -1.02. The first-order valence-electron chi connectivity index (χ1n) is 8.49. The van der Waals surface area contributed by atoms with Gasteiger partial charge in [0.15, 0.2) is 0 Å². The van der Waals surface area contributed by atoms with E-state index >= 15 is 0 Å². The molecular formula is C19H31NO. The number of hydrogen-bond donors (Lipinski definition) is 1. The second-order valence-electron chi connectivity index (χ2n) is 6.98. The summed E-state index contributed by atoms with van der Waals surface area (Å²) in [6.07, 6.45) is 6.14. The summed E-state index contributed by atoms with van der Waals surface area (Å²) in [6, 6.07) is 7.22. The zero-order chi connectivity index (χ0) is 15.5. The van der Waals surface area contributed by atoms with Crippen LogP contribution in [0.1, 0.15) is 70.5 Å². The minimum atomic E-state index is -0.0531. The van der Waals surface area contributed by atoms with Crippen LogP contribution in [0, 0.1) is 5.92 Å². The minimum Gasteiger partial charge on any atom is -0.487 e. The molecule has 0 saturated carbocycles. The van der Waals surface area contributed by atoms with Gasteiger partial charge in [-0.15, -0.1) is 0 Å². The van der Waals surface area contributed by atoms with Crippen molar-refractivity contribution in [3.8, 4) is 5.75 Å². The average Bonchev–Trinajstić information content (AvgIpc) is 2.76. The van der Waals surface area contributed by atoms with Crippen LogP contribution in [0.25, 0.3) is 0 Å². The first-order valence-corrected chi connectivity index (χ1v) is 8.49. The van der Waals surface area contributed by atoms with Gasteiger partial charge < -0.3 is 10.1 Å². The largest absolute Gasteiger partial charge is 0.487 e.